The van der Waals surface area contributed by atoms with Crippen LogP contribution in [-0.2, 0) is 0 Å². The molecule has 1 aromatic carbocycles. The highest BCUT2D eigenvalue weighted by atomic mass is 19.1. The van der Waals surface area contributed by atoms with Crippen LogP contribution in [-0.4, -0.2) is 17.8 Å². The molecule has 0 aliphatic carbocycles. The number of halogens is 1. The van der Waals surface area contributed by atoms with Crippen molar-refractivity contribution in [2.75, 3.05) is 17.6 Å². The molecule has 0 aromatic heterocycles. The number of rotatable bonds is 4. The average Bonchev–Trinajstić information content (AvgIpc) is 2.19. The molecule has 0 fully saturated rings. The minimum absolute atomic E-state index is 0.0912. The highest BCUT2D eigenvalue weighted by molar-refractivity contribution is 5.66. The minimum atomic E-state index is -0.465. The van der Waals surface area contributed by atoms with Crippen LogP contribution in [0.3, 0.4) is 0 Å². The molecule has 0 aliphatic heterocycles. The standard InChI is InChI=1S/C11H17FN2O/c1-7(2)10(15)6-14-9-5-3-4-8(12)11(9)13/h3-5,7,10,14-15H,6,13H2,1-2H3. The summed E-state index contributed by atoms with van der Waals surface area (Å²) in [6.45, 7) is 4.20. The van der Waals surface area contributed by atoms with E-state index in [1.165, 1.54) is 6.07 Å². The summed E-state index contributed by atoms with van der Waals surface area (Å²) in [6.07, 6.45) is -0.465. The van der Waals surface area contributed by atoms with Crippen LogP contribution in [0, 0.1) is 11.7 Å². The third-order valence-electron chi connectivity index (χ3n) is 2.32. The fourth-order valence-corrected chi connectivity index (χ4v) is 1.14. The van der Waals surface area contributed by atoms with Gasteiger partial charge in [-0.15, -0.1) is 0 Å². The van der Waals surface area contributed by atoms with Crippen molar-refractivity contribution in [3.63, 3.8) is 0 Å². The Balaban J connectivity index is 2.62. The lowest BCUT2D eigenvalue weighted by molar-refractivity contribution is 0.138. The molecule has 1 atom stereocenters. The zero-order valence-corrected chi connectivity index (χ0v) is 9.00. The molecule has 4 heteroatoms. The van der Waals surface area contributed by atoms with Gasteiger partial charge in [0.1, 0.15) is 5.82 Å². The number of anilines is 2. The third kappa shape index (κ3) is 3.09. The van der Waals surface area contributed by atoms with E-state index in [0.717, 1.165) is 0 Å². The van der Waals surface area contributed by atoms with E-state index in [0.29, 0.717) is 12.2 Å². The molecular weight excluding hydrogens is 195 g/mol. The van der Waals surface area contributed by atoms with Gasteiger partial charge in [0, 0.05) is 6.54 Å². The molecule has 0 saturated heterocycles. The number of hydrogen-bond donors (Lipinski definition) is 3. The van der Waals surface area contributed by atoms with E-state index in [4.69, 9.17) is 5.73 Å². The molecule has 1 unspecified atom stereocenters. The second kappa shape index (κ2) is 4.98. The zero-order valence-electron chi connectivity index (χ0n) is 9.00. The molecule has 0 heterocycles. The quantitative estimate of drug-likeness (QED) is 0.667. The Bertz CT molecular complexity index is 328. The Morgan fingerprint density at radius 3 is 2.73 bits per heavy atom. The molecule has 84 valence electrons. The first-order valence-electron chi connectivity index (χ1n) is 4.98. The Labute approximate surface area is 89.1 Å². The van der Waals surface area contributed by atoms with Crippen molar-refractivity contribution >= 4 is 11.4 Å². The van der Waals surface area contributed by atoms with Crippen molar-refractivity contribution in [3.8, 4) is 0 Å². The van der Waals surface area contributed by atoms with Gasteiger partial charge in [0.2, 0.25) is 0 Å². The van der Waals surface area contributed by atoms with Crippen LogP contribution in [0.2, 0.25) is 0 Å². The summed E-state index contributed by atoms with van der Waals surface area (Å²) >= 11 is 0. The smallest absolute Gasteiger partial charge is 0.148 e. The fraction of sp³-hybridized carbons (Fsp3) is 0.455. The molecule has 0 bridgehead atoms. The van der Waals surface area contributed by atoms with E-state index in [-0.39, 0.29) is 11.6 Å². The predicted octanol–water partition coefficient (Wildman–Crippen LogP) is 1.84. The fourth-order valence-electron chi connectivity index (χ4n) is 1.14. The maximum Gasteiger partial charge on any atom is 0.148 e. The molecule has 0 radical (unpaired) electrons. The average molecular weight is 212 g/mol. The molecule has 0 amide bonds. The Morgan fingerprint density at radius 1 is 1.47 bits per heavy atom. The number of aliphatic hydroxyl groups excluding tert-OH is 1. The minimum Gasteiger partial charge on any atom is -0.395 e. The van der Waals surface area contributed by atoms with Gasteiger partial charge in [0.15, 0.2) is 0 Å². The topological polar surface area (TPSA) is 58.3 Å². The second-order valence-electron chi connectivity index (χ2n) is 3.89. The maximum atomic E-state index is 13.0. The van der Waals surface area contributed by atoms with Gasteiger partial charge in [-0.05, 0) is 18.1 Å². The summed E-state index contributed by atoms with van der Waals surface area (Å²) in [7, 11) is 0. The van der Waals surface area contributed by atoms with Crippen molar-refractivity contribution in [1.82, 2.24) is 0 Å². The zero-order chi connectivity index (χ0) is 11.4. The Morgan fingerprint density at radius 2 is 2.13 bits per heavy atom. The van der Waals surface area contributed by atoms with Crippen LogP contribution < -0.4 is 11.1 Å². The summed E-state index contributed by atoms with van der Waals surface area (Å²) in [5, 5.41) is 12.5. The van der Waals surface area contributed by atoms with E-state index in [2.05, 4.69) is 5.32 Å². The molecule has 1 aromatic rings. The van der Waals surface area contributed by atoms with Crippen molar-refractivity contribution in [3.05, 3.63) is 24.0 Å². The van der Waals surface area contributed by atoms with Gasteiger partial charge in [0.05, 0.1) is 17.5 Å². The Hall–Kier alpha value is -1.29. The number of benzene rings is 1. The molecule has 0 aliphatic rings. The number of hydrogen-bond acceptors (Lipinski definition) is 3. The van der Waals surface area contributed by atoms with Crippen LogP contribution in [0.4, 0.5) is 15.8 Å². The number of nitrogen functional groups attached to an aromatic ring is 1. The first-order chi connectivity index (χ1) is 7.02. The van der Waals surface area contributed by atoms with E-state index < -0.39 is 11.9 Å². The monoisotopic (exact) mass is 212 g/mol. The van der Waals surface area contributed by atoms with E-state index in [9.17, 15) is 9.50 Å². The largest absolute Gasteiger partial charge is 0.395 e. The summed E-state index contributed by atoms with van der Waals surface area (Å²) in [4.78, 5) is 0. The van der Waals surface area contributed by atoms with Crippen LogP contribution >= 0.6 is 0 Å². The molecular formula is C11H17FN2O. The number of para-hydroxylation sites is 1. The highest BCUT2D eigenvalue weighted by Crippen LogP contribution is 2.21. The molecule has 15 heavy (non-hydrogen) atoms. The van der Waals surface area contributed by atoms with Gasteiger partial charge in [0.25, 0.3) is 0 Å². The van der Waals surface area contributed by atoms with Crippen molar-refractivity contribution in [2.24, 2.45) is 5.92 Å². The molecule has 1 rings (SSSR count). The summed E-state index contributed by atoms with van der Waals surface area (Å²) in [5.74, 6) is -0.286. The van der Waals surface area contributed by atoms with Crippen molar-refractivity contribution < 1.29 is 9.50 Å². The normalized spacial score (nSPS) is 12.9. The van der Waals surface area contributed by atoms with Crippen LogP contribution in [0.5, 0.6) is 0 Å². The van der Waals surface area contributed by atoms with Crippen LogP contribution in [0.15, 0.2) is 18.2 Å². The molecule has 0 spiro atoms. The first-order valence-corrected chi connectivity index (χ1v) is 4.98. The molecule has 3 nitrogen and oxygen atoms in total. The van der Waals surface area contributed by atoms with E-state index in [1.807, 2.05) is 13.8 Å². The lowest BCUT2D eigenvalue weighted by Gasteiger charge is -2.16. The third-order valence-corrected chi connectivity index (χ3v) is 2.32. The van der Waals surface area contributed by atoms with Crippen LogP contribution in [0.25, 0.3) is 0 Å². The van der Waals surface area contributed by atoms with Gasteiger partial charge in [-0.2, -0.15) is 0 Å². The molecule has 0 saturated carbocycles. The van der Waals surface area contributed by atoms with Gasteiger partial charge in [-0.25, -0.2) is 4.39 Å². The lowest BCUT2D eigenvalue weighted by atomic mass is 10.1. The number of nitrogens with two attached hydrogens (primary N) is 1. The van der Waals surface area contributed by atoms with Gasteiger partial charge >= 0.3 is 0 Å². The van der Waals surface area contributed by atoms with Crippen LogP contribution in [0.1, 0.15) is 13.8 Å². The first kappa shape index (κ1) is 11.8. The van der Waals surface area contributed by atoms with E-state index >= 15 is 0 Å². The van der Waals surface area contributed by atoms with Crippen molar-refractivity contribution in [2.45, 2.75) is 20.0 Å². The second-order valence-corrected chi connectivity index (χ2v) is 3.89. The summed E-state index contributed by atoms with van der Waals surface area (Å²) in [5.41, 5.74) is 6.14. The SMILES string of the molecule is CC(C)C(O)CNc1cccc(F)c1N. The van der Waals surface area contributed by atoms with Gasteiger partial charge in [-0.1, -0.05) is 19.9 Å². The van der Waals surface area contributed by atoms with Gasteiger partial charge < -0.3 is 16.2 Å². The predicted molar refractivity (Wildman–Crippen MR) is 60.1 cm³/mol. The summed E-state index contributed by atoms with van der Waals surface area (Å²) in [6, 6.07) is 4.57. The highest BCUT2D eigenvalue weighted by Gasteiger charge is 2.10. The van der Waals surface area contributed by atoms with E-state index in [1.54, 1.807) is 12.1 Å². The number of nitrogens with one attached hydrogen (secondary N) is 1. The Kier molecular flexibility index (Phi) is 3.91. The molecule has 4 N–H and O–H groups in total. The lowest BCUT2D eigenvalue weighted by Crippen LogP contribution is -2.25. The van der Waals surface area contributed by atoms with Gasteiger partial charge in [-0.3, -0.25) is 0 Å². The maximum absolute atomic E-state index is 13.0. The van der Waals surface area contributed by atoms with Crippen molar-refractivity contribution in [1.29, 1.82) is 0 Å². The number of aliphatic hydroxyl groups is 1. The summed E-state index contributed by atoms with van der Waals surface area (Å²) < 4.78 is 13.0.